The first-order valence-electron chi connectivity index (χ1n) is 8.04. The molecule has 2 atom stereocenters. The first-order chi connectivity index (χ1) is 10.8. The lowest BCUT2D eigenvalue weighted by Crippen LogP contribution is -2.28. The minimum Gasteiger partial charge on any atom is -0.385 e. The van der Waals surface area contributed by atoms with Crippen molar-refractivity contribution in [2.45, 2.75) is 31.2 Å². The molecule has 2 N–H and O–H groups in total. The fourth-order valence-electron chi connectivity index (χ4n) is 3.39. The van der Waals surface area contributed by atoms with E-state index in [-0.39, 0.29) is 11.9 Å². The van der Waals surface area contributed by atoms with Gasteiger partial charge in [-0.1, -0.05) is 36.4 Å². The molecule has 0 radical (unpaired) electrons. The minimum absolute atomic E-state index is 0.0731. The molecular formula is C19H20N2O. The normalized spacial score (nSPS) is 22.4. The van der Waals surface area contributed by atoms with Gasteiger partial charge in [0.1, 0.15) is 0 Å². The number of benzene rings is 2. The number of anilines is 1. The molecule has 0 spiro atoms. The van der Waals surface area contributed by atoms with Gasteiger partial charge in [-0.05, 0) is 42.5 Å². The Bertz CT molecular complexity index is 696. The van der Waals surface area contributed by atoms with E-state index < -0.39 is 0 Å². The van der Waals surface area contributed by atoms with Crippen LogP contribution in [0.5, 0.6) is 0 Å². The van der Waals surface area contributed by atoms with Crippen molar-refractivity contribution < 1.29 is 4.79 Å². The van der Waals surface area contributed by atoms with E-state index in [1.807, 2.05) is 18.2 Å². The Labute approximate surface area is 130 Å². The summed E-state index contributed by atoms with van der Waals surface area (Å²) in [6, 6.07) is 16.7. The highest BCUT2D eigenvalue weighted by molar-refractivity contribution is 5.97. The Morgan fingerprint density at radius 3 is 2.82 bits per heavy atom. The third-order valence-electron chi connectivity index (χ3n) is 4.67. The number of rotatable bonds is 3. The highest BCUT2D eigenvalue weighted by Crippen LogP contribution is 2.41. The molecule has 1 fully saturated rings. The van der Waals surface area contributed by atoms with Crippen LogP contribution in [0, 0.1) is 0 Å². The summed E-state index contributed by atoms with van der Waals surface area (Å²) in [4.78, 5) is 12.6. The van der Waals surface area contributed by atoms with Crippen LogP contribution in [-0.2, 0) is 6.42 Å². The van der Waals surface area contributed by atoms with E-state index in [1.54, 1.807) is 0 Å². The van der Waals surface area contributed by atoms with E-state index in [4.69, 9.17) is 0 Å². The Morgan fingerprint density at radius 1 is 1.09 bits per heavy atom. The van der Waals surface area contributed by atoms with Crippen LogP contribution in [0.4, 0.5) is 5.69 Å². The van der Waals surface area contributed by atoms with Gasteiger partial charge >= 0.3 is 0 Å². The van der Waals surface area contributed by atoms with Crippen molar-refractivity contribution in [2.24, 2.45) is 0 Å². The first kappa shape index (κ1) is 13.4. The molecule has 112 valence electrons. The molecule has 4 rings (SSSR count). The van der Waals surface area contributed by atoms with Crippen LogP contribution >= 0.6 is 0 Å². The second-order valence-corrected chi connectivity index (χ2v) is 6.19. The third kappa shape index (κ3) is 2.47. The number of amides is 1. The van der Waals surface area contributed by atoms with Gasteiger partial charge in [-0.25, -0.2) is 0 Å². The quantitative estimate of drug-likeness (QED) is 0.911. The SMILES string of the molecule is O=C(NC1CC1c1ccccc1)c1cccc2c1CCCN2. The summed E-state index contributed by atoms with van der Waals surface area (Å²) in [5, 5.41) is 6.58. The van der Waals surface area contributed by atoms with Crippen LogP contribution in [0.15, 0.2) is 48.5 Å². The van der Waals surface area contributed by atoms with Crippen molar-refractivity contribution in [3.05, 3.63) is 65.2 Å². The molecule has 0 bridgehead atoms. The molecule has 2 unspecified atom stereocenters. The molecule has 1 saturated carbocycles. The molecule has 2 aromatic carbocycles. The number of carbonyl (C=O) groups excluding carboxylic acids is 1. The monoisotopic (exact) mass is 292 g/mol. The zero-order chi connectivity index (χ0) is 14.9. The van der Waals surface area contributed by atoms with Gasteiger partial charge in [-0.2, -0.15) is 0 Å². The van der Waals surface area contributed by atoms with Crippen LogP contribution in [0.2, 0.25) is 0 Å². The average molecular weight is 292 g/mol. The topological polar surface area (TPSA) is 41.1 Å². The summed E-state index contributed by atoms with van der Waals surface area (Å²) in [6.07, 6.45) is 3.12. The van der Waals surface area contributed by atoms with Crippen LogP contribution in [-0.4, -0.2) is 18.5 Å². The summed E-state index contributed by atoms with van der Waals surface area (Å²) >= 11 is 0. The Hall–Kier alpha value is -2.29. The molecule has 0 aromatic heterocycles. The summed E-state index contributed by atoms with van der Waals surface area (Å²) in [5.74, 6) is 0.548. The smallest absolute Gasteiger partial charge is 0.251 e. The predicted molar refractivity (Wildman–Crippen MR) is 88.3 cm³/mol. The van der Waals surface area contributed by atoms with E-state index in [2.05, 4.69) is 41.0 Å². The van der Waals surface area contributed by atoms with Crippen molar-refractivity contribution >= 4 is 11.6 Å². The lowest BCUT2D eigenvalue weighted by Gasteiger charge is -2.20. The van der Waals surface area contributed by atoms with Gasteiger partial charge in [0.2, 0.25) is 0 Å². The molecule has 3 heteroatoms. The van der Waals surface area contributed by atoms with Crippen LogP contribution in [0.1, 0.15) is 40.2 Å². The van der Waals surface area contributed by atoms with Crippen molar-refractivity contribution in [1.82, 2.24) is 5.32 Å². The zero-order valence-electron chi connectivity index (χ0n) is 12.5. The molecule has 2 aliphatic rings. The fraction of sp³-hybridized carbons (Fsp3) is 0.316. The van der Waals surface area contributed by atoms with Crippen LogP contribution in [0.25, 0.3) is 0 Å². The van der Waals surface area contributed by atoms with E-state index in [9.17, 15) is 4.79 Å². The second kappa shape index (κ2) is 5.48. The molecular weight excluding hydrogens is 272 g/mol. The number of hydrogen-bond donors (Lipinski definition) is 2. The highest BCUT2D eigenvalue weighted by Gasteiger charge is 2.39. The molecule has 1 aliphatic heterocycles. The van der Waals surface area contributed by atoms with Gasteiger partial charge in [-0.3, -0.25) is 4.79 Å². The maximum absolute atomic E-state index is 12.6. The largest absolute Gasteiger partial charge is 0.385 e. The van der Waals surface area contributed by atoms with Gasteiger partial charge in [-0.15, -0.1) is 0 Å². The van der Waals surface area contributed by atoms with Gasteiger partial charge in [0.05, 0.1) is 0 Å². The minimum atomic E-state index is 0.0731. The zero-order valence-corrected chi connectivity index (χ0v) is 12.5. The predicted octanol–water partition coefficient (Wildman–Crippen LogP) is 3.33. The van der Waals surface area contributed by atoms with Crippen molar-refractivity contribution in [1.29, 1.82) is 0 Å². The summed E-state index contributed by atoms with van der Waals surface area (Å²) < 4.78 is 0. The lowest BCUT2D eigenvalue weighted by molar-refractivity contribution is 0.0949. The number of fused-ring (bicyclic) bond motifs is 1. The summed E-state index contributed by atoms with van der Waals surface area (Å²) in [5.41, 5.74) is 4.45. The van der Waals surface area contributed by atoms with E-state index in [0.29, 0.717) is 5.92 Å². The third-order valence-corrected chi connectivity index (χ3v) is 4.67. The van der Waals surface area contributed by atoms with Gasteiger partial charge in [0, 0.05) is 29.8 Å². The van der Waals surface area contributed by atoms with E-state index in [1.165, 1.54) is 11.1 Å². The number of hydrogen-bond acceptors (Lipinski definition) is 2. The summed E-state index contributed by atoms with van der Waals surface area (Å²) in [7, 11) is 0. The van der Waals surface area contributed by atoms with Crippen LogP contribution < -0.4 is 10.6 Å². The molecule has 2 aromatic rings. The average Bonchev–Trinajstić information content (AvgIpc) is 3.34. The van der Waals surface area contributed by atoms with Gasteiger partial charge in [0.15, 0.2) is 0 Å². The maximum atomic E-state index is 12.6. The lowest BCUT2D eigenvalue weighted by atomic mass is 9.97. The molecule has 0 saturated heterocycles. The van der Waals surface area contributed by atoms with Gasteiger partial charge < -0.3 is 10.6 Å². The molecule has 1 heterocycles. The van der Waals surface area contributed by atoms with Crippen molar-refractivity contribution in [3.8, 4) is 0 Å². The van der Waals surface area contributed by atoms with Crippen LogP contribution in [0.3, 0.4) is 0 Å². The van der Waals surface area contributed by atoms with Gasteiger partial charge in [0.25, 0.3) is 5.91 Å². The molecule has 3 nitrogen and oxygen atoms in total. The second-order valence-electron chi connectivity index (χ2n) is 6.19. The molecule has 1 amide bonds. The standard InChI is InChI=1S/C19H20N2O/c22-19(15-8-4-10-17-14(15)9-5-11-20-17)21-18-12-16(18)13-6-2-1-3-7-13/h1-4,6-8,10,16,18,20H,5,9,11-12H2,(H,21,22). The highest BCUT2D eigenvalue weighted by atomic mass is 16.1. The Morgan fingerprint density at radius 2 is 1.95 bits per heavy atom. The maximum Gasteiger partial charge on any atom is 0.251 e. The molecule has 1 aliphatic carbocycles. The van der Waals surface area contributed by atoms with Crippen molar-refractivity contribution in [2.75, 3.05) is 11.9 Å². The van der Waals surface area contributed by atoms with E-state index >= 15 is 0 Å². The molecule has 22 heavy (non-hydrogen) atoms. The first-order valence-corrected chi connectivity index (χ1v) is 8.04. The fourth-order valence-corrected chi connectivity index (χ4v) is 3.39. The van der Waals surface area contributed by atoms with E-state index in [0.717, 1.165) is 37.1 Å². The Balaban J connectivity index is 1.48. The Kier molecular flexibility index (Phi) is 3.34. The number of nitrogens with one attached hydrogen (secondary N) is 2. The number of carbonyl (C=O) groups is 1. The van der Waals surface area contributed by atoms with Crippen molar-refractivity contribution in [3.63, 3.8) is 0 Å². The summed E-state index contributed by atoms with van der Waals surface area (Å²) in [6.45, 7) is 0.997.